The van der Waals surface area contributed by atoms with E-state index in [4.69, 9.17) is 0 Å². The van der Waals surface area contributed by atoms with Crippen LogP contribution in [0.25, 0.3) is 0 Å². The summed E-state index contributed by atoms with van der Waals surface area (Å²) in [6, 6.07) is 7.10. The van der Waals surface area contributed by atoms with Gasteiger partial charge in [0, 0.05) is 24.2 Å². The van der Waals surface area contributed by atoms with Gasteiger partial charge in [0.25, 0.3) is 5.69 Å². The number of nitrogens with zero attached hydrogens (tertiary/aromatic N) is 2. The van der Waals surface area contributed by atoms with E-state index in [0.717, 1.165) is 31.5 Å². The van der Waals surface area contributed by atoms with E-state index in [1.807, 2.05) is 12.1 Å². The highest BCUT2D eigenvalue weighted by Crippen LogP contribution is 2.21. The fourth-order valence-corrected chi connectivity index (χ4v) is 2.56. The molecule has 1 heterocycles. The zero-order valence-electron chi connectivity index (χ0n) is 10.3. The fraction of sp³-hybridized carbons (Fsp3) is 0.538. The van der Waals surface area contributed by atoms with Crippen molar-refractivity contribution in [2.75, 3.05) is 19.7 Å². The van der Waals surface area contributed by atoms with Gasteiger partial charge in [-0.05, 0) is 25.8 Å². The molecule has 0 saturated carbocycles. The molecule has 1 aliphatic heterocycles. The molecule has 2 rings (SSSR count). The maximum Gasteiger partial charge on any atom is 0.272 e. The van der Waals surface area contributed by atoms with Gasteiger partial charge in [-0.2, -0.15) is 0 Å². The third-order valence-electron chi connectivity index (χ3n) is 3.57. The van der Waals surface area contributed by atoms with Crippen LogP contribution in [-0.4, -0.2) is 40.7 Å². The minimum Gasteiger partial charge on any atom is -0.395 e. The standard InChI is InChI=1S/C13H18N2O3/c16-10-12-5-3-8-14(12)9-7-11-4-1-2-6-13(11)15(17)18/h1-2,4,6,12,16H,3,5,7-10H2/t12-/m1/s1. The zero-order valence-corrected chi connectivity index (χ0v) is 10.3. The number of nitro groups is 1. The highest BCUT2D eigenvalue weighted by Gasteiger charge is 2.24. The number of hydrogen-bond donors (Lipinski definition) is 1. The lowest BCUT2D eigenvalue weighted by Crippen LogP contribution is -2.33. The van der Waals surface area contributed by atoms with Crippen LogP contribution in [0.2, 0.25) is 0 Å². The summed E-state index contributed by atoms with van der Waals surface area (Å²) in [7, 11) is 0. The Morgan fingerprint density at radius 1 is 1.44 bits per heavy atom. The lowest BCUT2D eigenvalue weighted by atomic mass is 10.1. The second-order valence-corrected chi connectivity index (χ2v) is 4.65. The van der Waals surface area contributed by atoms with Crippen molar-refractivity contribution in [3.05, 3.63) is 39.9 Å². The molecule has 1 atom stereocenters. The second-order valence-electron chi connectivity index (χ2n) is 4.65. The Morgan fingerprint density at radius 2 is 2.22 bits per heavy atom. The minimum atomic E-state index is -0.331. The van der Waals surface area contributed by atoms with Gasteiger partial charge in [-0.15, -0.1) is 0 Å². The quantitative estimate of drug-likeness (QED) is 0.636. The van der Waals surface area contributed by atoms with Crippen LogP contribution in [0.4, 0.5) is 5.69 Å². The Morgan fingerprint density at radius 3 is 2.94 bits per heavy atom. The van der Waals surface area contributed by atoms with E-state index in [0.29, 0.717) is 6.42 Å². The molecule has 0 unspecified atom stereocenters. The average Bonchev–Trinajstić information content (AvgIpc) is 2.84. The summed E-state index contributed by atoms with van der Waals surface area (Å²) in [5.74, 6) is 0. The van der Waals surface area contributed by atoms with Crippen LogP contribution >= 0.6 is 0 Å². The third-order valence-corrected chi connectivity index (χ3v) is 3.57. The predicted octanol–water partition coefficient (Wildman–Crippen LogP) is 1.59. The van der Waals surface area contributed by atoms with Crippen molar-refractivity contribution in [3.63, 3.8) is 0 Å². The number of rotatable bonds is 5. The monoisotopic (exact) mass is 250 g/mol. The van der Waals surface area contributed by atoms with Gasteiger partial charge in [0.15, 0.2) is 0 Å². The Kier molecular flexibility index (Phi) is 4.28. The van der Waals surface area contributed by atoms with Crippen LogP contribution in [0.1, 0.15) is 18.4 Å². The van der Waals surface area contributed by atoms with Crippen LogP contribution in [0, 0.1) is 10.1 Å². The Balaban J connectivity index is 2.00. The van der Waals surface area contributed by atoms with Crippen molar-refractivity contribution < 1.29 is 10.0 Å². The van der Waals surface area contributed by atoms with Gasteiger partial charge in [0.05, 0.1) is 11.5 Å². The van der Waals surface area contributed by atoms with Gasteiger partial charge in [-0.25, -0.2) is 0 Å². The molecule has 5 heteroatoms. The first-order chi connectivity index (χ1) is 8.72. The first kappa shape index (κ1) is 13.0. The van der Waals surface area contributed by atoms with Crippen LogP contribution < -0.4 is 0 Å². The first-order valence-corrected chi connectivity index (χ1v) is 6.29. The number of likely N-dealkylation sites (tertiary alicyclic amines) is 1. The normalized spacial score (nSPS) is 20.2. The number of aliphatic hydroxyl groups is 1. The topological polar surface area (TPSA) is 66.6 Å². The minimum absolute atomic E-state index is 0.177. The van der Waals surface area contributed by atoms with E-state index in [-0.39, 0.29) is 23.3 Å². The molecule has 0 aromatic heterocycles. The van der Waals surface area contributed by atoms with Gasteiger partial charge in [-0.1, -0.05) is 18.2 Å². The molecule has 1 fully saturated rings. The lowest BCUT2D eigenvalue weighted by Gasteiger charge is -2.22. The molecule has 1 aliphatic rings. The highest BCUT2D eigenvalue weighted by molar-refractivity contribution is 5.39. The molecule has 1 aromatic carbocycles. The summed E-state index contributed by atoms with van der Waals surface area (Å²) in [6.45, 7) is 1.93. The van der Waals surface area contributed by atoms with Gasteiger partial charge in [0.2, 0.25) is 0 Å². The smallest absolute Gasteiger partial charge is 0.272 e. The van der Waals surface area contributed by atoms with Gasteiger partial charge >= 0.3 is 0 Å². The van der Waals surface area contributed by atoms with Crippen molar-refractivity contribution in [1.29, 1.82) is 0 Å². The molecule has 0 amide bonds. The SMILES string of the molecule is O=[N+]([O-])c1ccccc1CCN1CCC[C@@H]1CO. The molecule has 5 nitrogen and oxygen atoms in total. The van der Waals surface area contributed by atoms with Gasteiger partial charge < -0.3 is 5.11 Å². The molecular formula is C13H18N2O3. The van der Waals surface area contributed by atoms with E-state index in [2.05, 4.69) is 4.90 Å². The van der Waals surface area contributed by atoms with E-state index in [9.17, 15) is 15.2 Å². The number of benzene rings is 1. The van der Waals surface area contributed by atoms with Gasteiger partial charge in [-0.3, -0.25) is 15.0 Å². The highest BCUT2D eigenvalue weighted by atomic mass is 16.6. The summed E-state index contributed by atoms with van der Waals surface area (Å²) in [6.07, 6.45) is 2.78. The summed E-state index contributed by atoms with van der Waals surface area (Å²) < 4.78 is 0. The van der Waals surface area contributed by atoms with Crippen molar-refractivity contribution >= 4 is 5.69 Å². The second kappa shape index (κ2) is 5.93. The van der Waals surface area contributed by atoms with Crippen LogP contribution in [0.15, 0.2) is 24.3 Å². The van der Waals surface area contributed by atoms with E-state index in [1.54, 1.807) is 12.1 Å². The van der Waals surface area contributed by atoms with E-state index < -0.39 is 0 Å². The number of nitro benzene ring substituents is 1. The zero-order chi connectivity index (χ0) is 13.0. The largest absolute Gasteiger partial charge is 0.395 e. The molecule has 1 N–H and O–H groups in total. The molecule has 1 saturated heterocycles. The molecule has 0 spiro atoms. The molecule has 0 aliphatic carbocycles. The number of para-hydroxylation sites is 1. The predicted molar refractivity (Wildman–Crippen MR) is 68.5 cm³/mol. The van der Waals surface area contributed by atoms with Crippen LogP contribution in [0.5, 0.6) is 0 Å². The average molecular weight is 250 g/mol. The lowest BCUT2D eigenvalue weighted by molar-refractivity contribution is -0.385. The Bertz CT molecular complexity index is 422. The molecule has 0 radical (unpaired) electrons. The number of aliphatic hydroxyl groups excluding tert-OH is 1. The Hall–Kier alpha value is -1.46. The van der Waals surface area contributed by atoms with Crippen molar-refractivity contribution in [1.82, 2.24) is 4.90 Å². The summed E-state index contributed by atoms with van der Waals surface area (Å²) >= 11 is 0. The third kappa shape index (κ3) is 2.86. The van der Waals surface area contributed by atoms with Crippen LogP contribution in [-0.2, 0) is 6.42 Å². The van der Waals surface area contributed by atoms with E-state index in [1.165, 1.54) is 0 Å². The van der Waals surface area contributed by atoms with Crippen molar-refractivity contribution in [2.24, 2.45) is 0 Å². The molecule has 1 aromatic rings. The van der Waals surface area contributed by atoms with Crippen LogP contribution in [0.3, 0.4) is 0 Å². The molecule has 98 valence electrons. The molecule has 0 bridgehead atoms. The molecular weight excluding hydrogens is 232 g/mol. The molecule has 18 heavy (non-hydrogen) atoms. The fourth-order valence-electron chi connectivity index (χ4n) is 2.56. The maximum atomic E-state index is 10.9. The van der Waals surface area contributed by atoms with Crippen molar-refractivity contribution in [3.8, 4) is 0 Å². The summed E-state index contributed by atoms with van der Waals surface area (Å²) in [5, 5.41) is 20.1. The summed E-state index contributed by atoms with van der Waals surface area (Å²) in [4.78, 5) is 12.8. The Labute approximate surface area is 106 Å². The van der Waals surface area contributed by atoms with Gasteiger partial charge in [0.1, 0.15) is 0 Å². The van der Waals surface area contributed by atoms with Crippen molar-refractivity contribution in [2.45, 2.75) is 25.3 Å². The van der Waals surface area contributed by atoms with E-state index >= 15 is 0 Å². The number of hydrogen-bond acceptors (Lipinski definition) is 4. The maximum absolute atomic E-state index is 10.9. The first-order valence-electron chi connectivity index (χ1n) is 6.29. The summed E-state index contributed by atoms with van der Waals surface area (Å²) in [5.41, 5.74) is 0.961.